The van der Waals surface area contributed by atoms with Crippen LogP contribution in [0.1, 0.15) is 36.6 Å². The van der Waals surface area contributed by atoms with Gasteiger partial charge in [-0.05, 0) is 24.3 Å². The molecule has 8 heteroatoms. The fourth-order valence-electron chi connectivity index (χ4n) is 2.96. The molecule has 2 aliphatic heterocycles. The highest BCUT2D eigenvalue weighted by atomic mass is 19.1. The molecular formula is C16H9FN2O5. The van der Waals surface area contributed by atoms with Crippen LogP contribution in [0.25, 0.3) is 0 Å². The summed E-state index contributed by atoms with van der Waals surface area (Å²) in [6, 6.07) is 6.07. The lowest BCUT2D eigenvalue weighted by Gasteiger charge is -2.25. The SMILES string of the molecule is O=C1c2ccc(O)c(O)c2CN1N1C(=O)c2cccc(F)c2C1=O. The minimum atomic E-state index is -0.946. The molecule has 2 N–H and O–H groups in total. The molecule has 0 aliphatic carbocycles. The number of aromatic hydroxyl groups is 2. The molecule has 3 amide bonds. The molecule has 0 saturated carbocycles. The number of fused-ring (bicyclic) bond motifs is 2. The summed E-state index contributed by atoms with van der Waals surface area (Å²) in [7, 11) is 0. The molecule has 0 bridgehead atoms. The van der Waals surface area contributed by atoms with Crippen LogP contribution in [-0.4, -0.2) is 38.0 Å². The van der Waals surface area contributed by atoms with Gasteiger partial charge in [0.05, 0.1) is 23.2 Å². The van der Waals surface area contributed by atoms with Crippen molar-refractivity contribution < 1.29 is 29.0 Å². The maximum absolute atomic E-state index is 13.9. The number of hydrogen-bond donors (Lipinski definition) is 2. The second-order valence-corrected chi connectivity index (χ2v) is 5.41. The summed E-state index contributed by atoms with van der Waals surface area (Å²) in [4.78, 5) is 37.3. The van der Waals surface area contributed by atoms with E-state index in [9.17, 15) is 29.0 Å². The smallest absolute Gasteiger partial charge is 0.283 e. The zero-order valence-electron chi connectivity index (χ0n) is 12.0. The third kappa shape index (κ3) is 1.62. The first kappa shape index (κ1) is 14.2. The molecule has 2 aliphatic rings. The molecule has 0 radical (unpaired) electrons. The highest BCUT2D eigenvalue weighted by molar-refractivity contribution is 6.22. The maximum Gasteiger partial charge on any atom is 0.283 e. The number of imide groups is 1. The average molecular weight is 328 g/mol. The number of phenols is 2. The number of rotatable bonds is 1. The summed E-state index contributed by atoms with van der Waals surface area (Å²) in [5, 5.41) is 20.8. The van der Waals surface area contributed by atoms with E-state index < -0.39 is 40.6 Å². The Morgan fingerprint density at radius 2 is 1.67 bits per heavy atom. The Morgan fingerprint density at radius 3 is 2.38 bits per heavy atom. The topological polar surface area (TPSA) is 98.2 Å². The Bertz CT molecular complexity index is 956. The van der Waals surface area contributed by atoms with E-state index in [1.807, 2.05) is 0 Å². The fourth-order valence-corrected chi connectivity index (χ4v) is 2.96. The van der Waals surface area contributed by atoms with E-state index in [2.05, 4.69) is 0 Å². The molecule has 2 aromatic rings. The van der Waals surface area contributed by atoms with Gasteiger partial charge in [-0.2, -0.15) is 5.01 Å². The zero-order chi connectivity index (χ0) is 17.2. The van der Waals surface area contributed by atoms with E-state index in [-0.39, 0.29) is 23.2 Å². The van der Waals surface area contributed by atoms with Gasteiger partial charge in [-0.15, -0.1) is 0 Å². The predicted molar refractivity (Wildman–Crippen MR) is 76.5 cm³/mol. The number of halogens is 1. The fraction of sp³-hybridized carbons (Fsp3) is 0.0625. The first-order chi connectivity index (χ1) is 11.4. The first-order valence-electron chi connectivity index (χ1n) is 6.94. The van der Waals surface area contributed by atoms with Gasteiger partial charge in [0.15, 0.2) is 11.5 Å². The lowest BCUT2D eigenvalue weighted by atomic mass is 10.1. The van der Waals surface area contributed by atoms with Crippen molar-refractivity contribution in [3.8, 4) is 11.5 Å². The molecule has 7 nitrogen and oxygen atoms in total. The maximum atomic E-state index is 13.9. The average Bonchev–Trinajstić information content (AvgIpc) is 3.00. The standard InChI is InChI=1S/C16H9FN2O5/c17-10-3-1-2-8-12(10)16(24)19(15(8)23)18-6-9-7(14(18)22)4-5-11(20)13(9)21/h1-5,20-21H,6H2. The summed E-state index contributed by atoms with van der Waals surface area (Å²) in [6.07, 6.45) is 0. The lowest BCUT2D eigenvalue weighted by molar-refractivity contribution is 0.00462. The Kier molecular flexibility index (Phi) is 2.69. The third-order valence-corrected chi connectivity index (χ3v) is 4.12. The van der Waals surface area contributed by atoms with E-state index >= 15 is 0 Å². The highest BCUT2D eigenvalue weighted by Gasteiger charge is 2.46. The summed E-state index contributed by atoms with van der Waals surface area (Å²) in [5.74, 6) is -4.23. The molecule has 4 rings (SSSR count). The molecule has 0 atom stereocenters. The van der Waals surface area contributed by atoms with Crippen LogP contribution in [0.15, 0.2) is 30.3 Å². The molecule has 0 aromatic heterocycles. The van der Waals surface area contributed by atoms with E-state index in [1.54, 1.807) is 0 Å². The molecule has 0 unspecified atom stereocenters. The molecule has 0 spiro atoms. The molecule has 2 aromatic carbocycles. The lowest BCUT2D eigenvalue weighted by Crippen LogP contribution is -2.46. The Balaban J connectivity index is 1.79. The van der Waals surface area contributed by atoms with Gasteiger partial charge < -0.3 is 10.2 Å². The molecule has 0 fully saturated rings. The van der Waals surface area contributed by atoms with Crippen molar-refractivity contribution in [2.75, 3.05) is 0 Å². The number of benzene rings is 2. The van der Waals surface area contributed by atoms with Crippen molar-refractivity contribution in [1.29, 1.82) is 0 Å². The minimum Gasteiger partial charge on any atom is -0.504 e. The molecule has 0 saturated heterocycles. The van der Waals surface area contributed by atoms with Crippen LogP contribution >= 0.6 is 0 Å². The van der Waals surface area contributed by atoms with Gasteiger partial charge in [0, 0.05) is 5.56 Å². The summed E-state index contributed by atoms with van der Waals surface area (Å²) in [5.41, 5.74) is -0.367. The van der Waals surface area contributed by atoms with Gasteiger partial charge in [0.1, 0.15) is 5.82 Å². The quantitative estimate of drug-likeness (QED) is 0.609. The van der Waals surface area contributed by atoms with Crippen molar-refractivity contribution in [2.24, 2.45) is 0 Å². The van der Waals surface area contributed by atoms with Crippen LogP contribution in [0.3, 0.4) is 0 Å². The normalized spacial score (nSPS) is 16.0. The Hall–Kier alpha value is -3.42. The highest BCUT2D eigenvalue weighted by Crippen LogP contribution is 2.39. The van der Waals surface area contributed by atoms with E-state index in [1.165, 1.54) is 18.2 Å². The molecule has 2 heterocycles. The van der Waals surface area contributed by atoms with E-state index in [4.69, 9.17) is 0 Å². The second-order valence-electron chi connectivity index (χ2n) is 5.41. The number of carbonyl (C=O) groups is 3. The largest absolute Gasteiger partial charge is 0.504 e. The number of amides is 3. The van der Waals surface area contributed by atoms with Crippen molar-refractivity contribution in [2.45, 2.75) is 6.54 Å². The molecule has 24 heavy (non-hydrogen) atoms. The van der Waals surface area contributed by atoms with Crippen molar-refractivity contribution in [3.05, 3.63) is 58.4 Å². The summed E-state index contributed by atoms with van der Waals surface area (Å²) in [6.45, 7) is -0.290. The van der Waals surface area contributed by atoms with Gasteiger partial charge in [0.2, 0.25) is 0 Å². The zero-order valence-corrected chi connectivity index (χ0v) is 12.0. The van der Waals surface area contributed by atoms with Gasteiger partial charge >= 0.3 is 0 Å². The van der Waals surface area contributed by atoms with Crippen LogP contribution in [-0.2, 0) is 6.54 Å². The van der Waals surface area contributed by atoms with Gasteiger partial charge in [-0.1, -0.05) is 6.07 Å². The number of phenolic OH excluding ortho intramolecular Hbond substituents is 2. The van der Waals surface area contributed by atoms with E-state index in [0.717, 1.165) is 17.1 Å². The van der Waals surface area contributed by atoms with Crippen LogP contribution in [0.2, 0.25) is 0 Å². The molecule has 120 valence electrons. The number of hydrogen-bond acceptors (Lipinski definition) is 5. The Morgan fingerprint density at radius 1 is 0.917 bits per heavy atom. The summed E-state index contributed by atoms with van der Waals surface area (Å²) >= 11 is 0. The monoisotopic (exact) mass is 328 g/mol. The predicted octanol–water partition coefficient (Wildman–Crippen LogP) is 1.40. The Labute approximate surface area is 134 Å². The number of carbonyl (C=O) groups excluding carboxylic acids is 3. The van der Waals surface area contributed by atoms with Crippen molar-refractivity contribution >= 4 is 17.7 Å². The summed E-state index contributed by atoms with van der Waals surface area (Å²) < 4.78 is 13.9. The van der Waals surface area contributed by atoms with Crippen LogP contribution in [0.5, 0.6) is 11.5 Å². The third-order valence-electron chi connectivity index (χ3n) is 4.12. The number of hydrazine groups is 1. The van der Waals surface area contributed by atoms with Crippen molar-refractivity contribution in [3.63, 3.8) is 0 Å². The second kappa shape index (κ2) is 4.54. The van der Waals surface area contributed by atoms with Gasteiger partial charge in [0.25, 0.3) is 17.7 Å². The minimum absolute atomic E-state index is 0.0577. The van der Waals surface area contributed by atoms with Gasteiger partial charge in [-0.25, -0.2) is 9.40 Å². The van der Waals surface area contributed by atoms with E-state index in [0.29, 0.717) is 5.01 Å². The van der Waals surface area contributed by atoms with Crippen LogP contribution in [0, 0.1) is 5.82 Å². The van der Waals surface area contributed by atoms with Gasteiger partial charge in [-0.3, -0.25) is 14.4 Å². The number of nitrogens with zero attached hydrogens (tertiary/aromatic N) is 2. The molecular weight excluding hydrogens is 319 g/mol. The van der Waals surface area contributed by atoms with Crippen LogP contribution < -0.4 is 0 Å². The van der Waals surface area contributed by atoms with Crippen LogP contribution in [0.4, 0.5) is 4.39 Å². The van der Waals surface area contributed by atoms with Crippen molar-refractivity contribution in [1.82, 2.24) is 10.0 Å². The first-order valence-corrected chi connectivity index (χ1v) is 6.94.